The van der Waals surface area contributed by atoms with E-state index in [9.17, 15) is 15.0 Å². The van der Waals surface area contributed by atoms with Crippen LogP contribution in [0.3, 0.4) is 0 Å². The predicted octanol–water partition coefficient (Wildman–Crippen LogP) is 2.84. The van der Waals surface area contributed by atoms with Gasteiger partial charge in [-0.05, 0) is 25.0 Å². The molecular weight excluding hydrogens is 313 g/mol. The van der Waals surface area contributed by atoms with Crippen LogP contribution in [0.15, 0.2) is 18.2 Å². The molecule has 0 bridgehead atoms. The third-order valence-electron chi connectivity index (χ3n) is 3.85. The van der Waals surface area contributed by atoms with E-state index >= 15 is 0 Å². The van der Waals surface area contributed by atoms with Crippen LogP contribution in [0.4, 0.5) is 0 Å². The van der Waals surface area contributed by atoms with Crippen molar-refractivity contribution >= 4 is 29.1 Å². The number of aliphatic hydroxyl groups is 2. The minimum absolute atomic E-state index is 0.0123. The van der Waals surface area contributed by atoms with Crippen LogP contribution < -0.4 is 5.32 Å². The number of aliphatic hydroxyl groups excluding tert-OH is 1. The zero-order valence-electron chi connectivity index (χ0n) is 11.6. The molecule has 0 heterocycles. The minimum Gasteiger partial charge on any atom is -0.389 e. The lowest BCUT2D eigenvalue weighted by molar-refractivity contribution is -0.126. The van der Waals surface area contributed by atoms with E-state index < -0.39 is 11.7 Å². The average Bonchev–Trinajstić information content (AvgIpc) is 2.82. The molecule has 0 spiro atoms. The second-order valence-electron chi connectivity index (χ2n) is 5.56. The highest BCUT2D eigenvalue weighted by molar-refractivity contribution is 6.36. The van der Waals surface area contributed by atoms with Crippen molar-refractivity contribution in [1.29, 1.82) is 0 Å². The molecule has 1 aliphatic carbocycles. The van der Waals surface area contributed by atoms with E-state index in [1.54, 1.807) is 18.2 Å². The molecule has 0 radical (unpaired) electrons. The molecular formula is C15H19Cl2NO3. The molecule has 1 amide bonds. The molecule has 1 saturated carbocycles. The molecule has 0 aliphatic heterocycles. The SMILES string of the molecule is O=C(CC1(O)CCCC1)NCC(O)c1c(Cl)cccc1Cl. The fraction of sp³-hybridized carbons (Fsp3) is 0.533. The quantitative estimate of drug-likeness (QED) is 0.777. The Kier molecular flexibility index (Phi) is 5.49. The molecule has 6 heteroatoms. The molecule has 3 N–H and O–H groups in total. The summed E-state index contributed by atoms with van der Waals surface area (Å²) in [4.78, 5) is 11.9. The van der Waals surface area contributed by atoms with E-state index in [2.05, 4.69) is 5.32 Å². The van der Waals surface area contributed by atoms with Crippen LogP contribution in [0.2, 0.25) is 10.0 Å². The van der Waals surface area contributed by atoms with Crippen LogP contribution in [-0.2, 0) is 4.79 Å². The Morgan fingerprint density at radius 2 is 1.86 bits per heavy atom. The first-order chi connectivity index (χ1) is 9.91. The summed E-state index contributed by atoms with van der Waals surface area (Å²) in [5, 5.41) is 23.6. The second kappa shape index (κ2) is 6.97. The maximum Gasteiger partial charge on any atom is 0.222 e. The molecule has 4 nitrogen and oxygen atoms in total. The van der Waals surface area contributed by atoms with Gasteiger partial charge in [0.05, 0.1) is 18.1 Å². The molecule has 1 aromatic rings. The Morgan fingerprint density at radius 3 is 2.43 bits per heavy atom. The van der Waals surface area contributed by atoms with E-state index in [4.69, 9.17) is 23.2 Å². The standard InChI is InChI=1S/C15H19Cl2NO3/c16-10-4-3-5-11(17)14(10)12(19)9-18-13(20)8-15(21)6-1-2-7-15/h3-5,12,19,21H,1-2,6-9H2,(H,18,20). The van der Waals surface area contributed by atoms with Crippen LogP contribution in [0.1, 0.15) is 43.8 Å². The summed E-state index contributed by atoms with van der Waals surface area (Å²) in [5.74, 6) is -0.276. The fourth-order valence-corrected chi connectivity index (χ4v) is 3.36. The van der Waals surface area contributed by atoms with Crippen molar-refractivity contribution in [2.24, 2.45) is 0 Å². The summed E-state index contributed by atoms with van der Waals surface area (Å²) < 4.78 is 0. The number of hydrogen-bond acceptors (Lipinski definition) is 3. The van der Waals surface area contributed by atoms with Crippen molar-refractivity contribution in [3.63, 3.8) is 0 Å². The summed E-state index contributed by atoms with van der Waals surface area (Å²) >= 11 is 12.0. The van der Waals surface area contributed by atoms with Gasteiger partial charge in [0.2, 0.25) is 5.91 Å². The normalized spacial score (nSPS) is 18.5. The number of carbonyl (C=O) groups is 1. The summed E-state index contributed by atoms with van der Waals surface area (Å²) in [6.45, 7) is 0.0123. The van der Waals surface area contributed by atoms with Crippen LogP contribution in [0.5, 0.6) is 0 Å². The number of rotatable bonds is 5. The fourth-order valence-electron chi connectivity index (χ4n) is 2.71. The molecule has 1 atom stereocenters. The molecule has 21 heavy (non-hydrogen) atoms. The number of halogens is 2. The Bertz CT molecular complexity index is 495. The Labute approximate surface area is 134 Å². The number of benzene rings is 1. The molecule has 1 aromatic carbocycles. The third-order valence-corrected chi connectivity index (χ3v) is 4.51. The first-order valence-corrected chi connectivity index (χ1v) is 7.78. The zero-order chi connectivity index (χ0) is 15.5. The lowest BCUT2D eigenvalue weighted by atomic mass is 9.97. The van der Waals surface area contributed by atoms with Crippen LogP contribution in [-0.4, -0.2) is 28.3 Å². The highest BCUT2D eigenvalue weighted by atomic mass is 35.5. The van der Waals surface area contributed by atoms with E-state index in [0.29, 0.717) is 28.5 Å². The van der Waals surface area contributed by atoms with Gasteiger partial charge >= 0.3 is 0 Å². The molecule has 116 valence electrons. The largest absolute Gasteiger partial charge is 0.389 e. The van der Waals surface area contributed by atoms with E-state index in [1.807, 2.05) is 0 Å². The van der Waals surface area contributed by atoms with E-state index in [0.717, 1.165) is 12.8 Å². The summed E-state index contributed by atoms with van der Waals surface area (Å²) in [6, 6.07) is 4.96. The van der Waals surface area contributed by atoms with Crippen molar-refractivity contribution in [3.05, 3.63) is 33.8 Å². The molecule has 1 aliphatic rings. The Morgan fingerprint density at radius 1 is 1.29 bits per heavy atom. The van der Waals surface area contributed by atoms with Gasteiger partial charge in [-0.3, -0.25) is 4.79 Å². The molecule has 1 unspecified atom stereocenters. The van der Waals surface area contributed by atoms with Gasteiger partial charge in [0.15, 0.2) is 0 Å². The third kappa shape index (κ3) is 4.33. The summed E-state index contributed by atoms with van der Waals surface area (Å²) in [5.41, 5.74) is -0.488. The van der Waals surface area contributed by atoms with Gasteiger partial charge in [-0.2, -0.15) is 0 Å². The molecule has 2 rings (SSSR count). The van der Waals surface area contributed by atoms with Crippen molar-refractivity contribution in [2.75, 3.05) is 6.54 Å². The number of carbonyl (C=O) groups excluding carboxylic acids is 1. The Balaban J connectivity index is 1.89. The zero-order valence-corrected chi connectivity index (χ0v) is 13.1. The second-order valence-corrected chi connectivity index (χ2v) is 6.38. The first kappa shape index (κ1) is 16.6. The van der Waals surface area contributed by atoms with Crippen molar-refractivity contribution in [2.45, 2.75) is 43.8 Å². The Hall–Kier alpha value is -0.810. The van der Waals surface area contributed by atoms with Gasteiger partial charge in [-0.25, -0.2) is 0 Å². The van der Waals surface area contributed by atoms with Crippen LogP contribution in [0, 0.1) is 0 Å². The van der Waals surface area contributed by atoms with Gasteiger partial charge in [0.1, 0.15) is 0 Å². The average molecular weight is 332 g/mol. The van der Waals surface area contributed by atoms with Crippen LogP contribution in [0.25, 0.3) is 0 Å². The van der Waals surface area contributed by atoms with E-state index in [1.165, 1.54) is 0 Å². The van der Waals surface area contributed by atoms with Gasteiger partial charge in [-0.1, -0.05) is 42.1 Å². The van der Waals surface area contributed by atoms with Gasteiger partial charge in [0, 0.05) is 22.2 Å². The van der Waals surface area contributed by atoms with Crippen molar-refractivity contribution in [1.82, 2.24) is 5.32 Å². The van der Waals surface area contributed by atoms with Gasteiger partial charge in [-0.15, -0.1) is 0 Å². The number of nitrogens with one attached hydrogen (secondary N) is 1. The van der Waals surface area contributed by atoms with Gasteiger partial charge in [0.25, 0.3) is 0 Å². The maximum atomic E-state index is 11.9. The van der Waals surface area contributed by atoms with Gasteiger partial charge < -0.3 is 15.5 Å². The highest BCUT2D eigenvalue weighted by Gasteiger charge is 2.33. The number of amides is 1. The highest BCUT2D eigenvalue weighted by Crippen LogP contribution is 2.32. The lowest BCUT2D eigenvalue weighted by Gasteiger charge is -2.22. The smallest absolute Gasteiger partial charge is 0.222 e. The molecule has 1 fully saturated rings. The monoisotopic (exact) mass is 331 g/mol. The van der Waals surface area contributed by atoms with Crippen molar-refractivity contribution < 1.29 is 15.0 Å². The predicted molar refractivity (Wildman–Crippen MR) is 82.5 cm³/mol. The molecule has 0 aromatic heterocycles. The summed E-state index contributed by atoms with van der Waals surface area (Å²) in [7, 11) is 0. The maximum absolute atomic E-state index is 11.9. The number of hydrogen-bond donors (Lipinski definition) is 3. The topological polar surface area (TPSA) is 69.6 Å². The minimum atomic E-state index is -0.978. The lowest BCUT2D eigenvalue weighted by Crippen LogP contribution is -2.36. The van der Waals surface area contributed by atoms with Crippen LogP contribution >= 0.6 is 23.2 Å². The van der Waals surface area contributed by atoms with E-state index in [-0.39, 0.29) is 18.9 Å². The molecule has 0 saturated heterocycles. The van der Waals surface area contributed by atoms with Crippen molar-refractivity contribution in [3.8, 4) is 0 Å². The summed E-state index contributed by atoms with van der Waals surface area (Å²) in [6.07, 6.45) is 2.28. The first-order valence-electron chi connectivity index (χ1n) is 7.02.